The Bertz CT molecular complexity index is 1270. The molecule has 1 N–H and O–H groups in total. The fourth-order valence-corrected chi connectivity index (χ4v) is 4.92. The summed E-state index contributed by atoms with van der Waals surface area (Å²) >= 11 is 0. The van der Waals surface area contributed by atoms with Gasteiger partial charge in [-0.05, 0) is 79.4 Å². The molecule has 2 aromatic carbocycles. The van der Waals surface area contributed by atoms with Crippen LogP contribution in [0.4, 0.5) is 5.69 Å². The van der Waals surface area contributed by atoms with Gasteiger partial charge in [0.05, 0.1) is 5.52 Å². The molecular formula is C29H32N4O. The summed E-state index contributed by atoms with van der Waals surface area (Å²) in [6.07, 6.45) is 8.10. The summed E-state index contributed by atoms with van der Waals surface area (Å²) in [6, 6.07) is 21.3. The number of benzene rings is 2. The number of anilines is 1. The molecule has 5 rings (SSSR count). The molecule has 2 aromatic heterocycles. The smallest absolute Gasteiger partial charge is 0.226 e. The first kappa shape index (κ1) is 22.4. The molecule has 5 heteroatoms. The van der Waals surface area contributed by atoms with E-state index in [1.165, 1.54) is 22.0 Å². The molecule has 0 aliphatic carbocycles. The molecule has 1 aliphatic rings. The van der Waals surface area contributed by atoms with Gasteiger partial charge in [0.1, 0.15) is 0 Å². The minimum Gasteiger partial charge on any atom is -0.326 e. The molecule has 5 nitrogen and oxygen atoms in total. The van der Waals surface area contributed by atoms with Crippen molar-refractivity contribution in [1.29, 1.82) is 0 Å². The van der Waals surface area contributed by atoms with Gasteiger partial charge in [-0.15, -0.1) is 0 Å². The second-order valence-corrected chi connectivity index (χ2v) is 9.56. The molecular weight excluding hydrogens is 420 g/mol. The van der Waals surface area contributed by atoms with Crippen LogP contribution < -0.4 is 5.32 Å². The minimum atomic E-state index is -0.0158. The Morgan fingerprint density at radius 1 is 1.03 bits per heavy atom. The highest BCUT2D eigenvalue weighted by molar-refractivity contribution is 5.92. The second kappa shape index (κ2) is 9.82. The number of hydrogen-bond donors (Lipinski definition) is 1. The van der Waals surface area contributed by atoms with Gasteiger partial charge in [-0.1, -0.05) is 38.1 Å². The topological polar surface area (TPSA) is 50.2 Å². The van der Waals surface area contributed by atoms with Crippen molar-refractivity contribution in [2.24, 2.45) is 5.92 Å². The lowest BCUT2D eigenvalue weighted by molar-refractivity contribution is -0.118. The SMILES string of the molecule is CC(C)C(=O)Nc1cccc(C2CCN(Cc3cccc4c3ccn4-c3ccncc3)CC2)c1. The highest BCUT2D eigenvalue weighted by Crippen LogP contribution is 2.31. The molecule has 1 aliphatic heterocycles. The van der Waals surface area contributed by atoms with Crippen molar-refractivity contribution in [2.75, 3.05) is 18.4 Å². The van der Waals surface area contributed by atoms with Crippen LogP contribution in [-0.2, 0) is 11.3 Å². The Kier molecular flexibility index (Phi) is 6.45. The number of piperidine rings is 1. The summed E-state index contributed by atoms with van der Waals surface area (Å²) in [4.78, 5) is 18.8. The predicted octanol–water partition coefficient (Wildman–Crippen LogP) is 6.00. The molecule has 3 heterocycles. The van der Waals surface area contributed by atoms with Gasteiger partial charge in [0.2, 0.25) is 5.91 Å². The zero-order chi connectivity index (χ0) is 23.5. The van der Waals surface area contributed by atoms with Crippen molar-refractivity contribution in [3.05, 3.63) is 90.4 Å². The molecule has 0 bridgehead atoms. The van der Waals surface area contributed by atoms with E-state index >= 15 is 0 Å². The van der Waals surface area contributed by atoms with Crippen LogP contribution in [0.25, 0.3) is 16.6 Å². The molecule has 174 valence electrons. The monoisotopic (exact) mass is 452 g/mol. The van der Waals surface area contributed by atoms with Gasteiger partial charge in [0.25, 0.3) is 0 Å². The number of hydrogen-bond acceptors (Lipinski definition) is 3. The van der Waals surface area contributed by atoms with E-state index in [2.05, 4.69) is 68.4 Å². The van der Waals surface area contributed by atoms with Crippen molar-refractivity contribution in [3.8, 4) is 5.69 Å². The van der Waals surface area contributed by atoms with E-state index in [0.29, 0.717) is 5.92 Å². The van der Waals surface area contributed by atoms with Crippen LogP contribution in [0.1, 0.15) is 43.7 Å². The zero-order valence-electron chi connectivity index (χ0n) is 19.9. The van der Waals surface area contributed by atoms with Crippen LogP contribution in [0.5, 0.6) is 0 Å². The Morgan fingerprint density at radius 3 is 2.56 bits per heavy atom. The van der Waals surface area contributed by atoms with Gasteiger partial charge in [-0.2, -0.15) is 0 Å². The van der Waals surface area contributed by atoms with Gasteiger partial charge in [-0.3, -0.25) is 14.7 Å². The number of fused-ring (bicyclic) bond motifs is 1. The van der Waals surface area contributed by atoms with Gasteiger partial charge in [0.15, 0.2) is 0 Å². The Labute approximate surface area is 201 Å². The first-order valence-electron chi connectivity index (χ1n) is 12.2. The molecule has 4 aromatic rings. The Morgan fingerprint density at radius 2 is 1.79 bits per heavy atom. The Balaban J connectivity index is 1.25. The van der Waals surface area contributed by atoms with Crippen LogP contribution in [-0.4, -0.2) is 33.4 Å². The van der Waals surface area contributed by atoms with Crippen LogP contribution in [0, 0.1) is 5.92 Å². The summed E-state index contributed by atoms with van der Waals surface area (Å²) in [5, 5.41) is 4.35. The van der Waals surface area contributed by atoms with E-state index in [1.54, 1.807) is 0 Å². The summed E-state index contributed by atoms with van der Waals surface area (Å²) < 4.78 is 2.23. The van der Waals surface area contributed by atoms with Crippen molar-refractivity contribution in [2.45, 2.75) is 39.2 Å². The molecule has 1 amide bonds. The van der Waals surface area contributed by atoms with Crippen LogP contribution in [0.3, 0.4) is 0 Å². The third-order valence-electron chi connectivity index (χ3n) is 6.90. The lowest BCUT2D eigenvalue weighted by Crippen LogP contribution is -2.32. The third kappa shape index (κ3) is 4.75. The number of rotatable bonds is 6. The Hall–Kier alpha value is -3.44. The molecule has 0 spiro atoms. The largest absolute Gasteiger partial charge is 0.326 e. The third-order valence-corrected chi connectivity index (χ3v) is 6.90. The van der Waals surface area contributed by atoms with E-state index < -0.39 is 0 Å². The van der Waals surface area contributed by atoms with E-state index in [1.807, 2.05) is 44.4 Å². The molecule has 0 unspecified atom stereocenters. The maximum absolute atomic E-state index is 12.1. The van der Waals surface area contributed by atoms with Crippen LogP contribution in [0.15, 0.2) is 79.3 Å². The number of amides is 1. The summed E-state index contributed by atoms with van der Waals surface area (Å²) in [7, 11) is 0. The molecule has 0 saturated carbocycles. The number of nitrogens with zero attached hydrogens (tertiary/aromatic N) is 3. The lowest BCUT2D eigenvalue weighted by atomic mass is 9.89. The van der Waals surface area contributed by atoms with E-state index in [4.69, 9.17) is 0 Å². The number of nitrogens with one attached hydrogen (secondary N) is 1. The fraction of sp³-hybridized carbons (Fsp3) is 0.310. The average molecular weight is 453 g/mol. The molecule has 34 heavy (non-hydrogen) atoms. The zero-order valence-corrected chi connectivity index (χ0v) is 19.9. The predicted molar refractivity (Wildman–Crippen MR) is 138 cm³/mol. The van der Waals surface area contributed by atoms with E-state index in [-0.39, 0.29) is 11.8 Å². The van der Waals surface area contributed by atoms with E-state index in [0.717, 1.165) is 43.9 Å². The van der Waals surface area contributed by atoms with Crippen molar-refractivity contribution < 1.29 is 4.79 Å². The summed E-state index contributed by atoms with van der Waals surface area (Å²) in [5.74, 6) is 0.590. The standard InChI is InChI=1S/C29H32N4O/c1-21(2)29(34)31-25-7-3-5-23(19-25)22-11-16-32(17-12-22)20-24-6-4-8-28-27(24)13-18-33(28)26-9-14-30-15-10-26/h3-10,13-15,18-19,21-22H,11-12,16-17,20H2,1-2H3,(H,31,34). The normalized spacial score (nSPS) is 15.1. The number of likely N-dealkylation sites (tertiary alicyclic amines) is 1. The highest BCUT2D eigenvalue weighted by atomic mass is 16.1. The summed E-state index contributed by atoms with van der Waals surface area (Å²) in [5.41, 5.74) is 5.98. The molecule has 1 fully saturated rings. The maximum Gasteiger partial charge on any atom is 0.226 e. The number of pyridine rings is 1. The number of carbonyl (C=O) groups excluding carboxylic acids is 1. The van der Waals surface area contributed by atoms with Gasteiger partial charge in [0, 0.05) is 47.8 Å². The van der Waals surface area contributed by atoms with Crippen LogP contribution >= 0.6 is 0 Å². The number of carbonyl (C=O) groups is 1. The van der Waals surface area contributed by atoms with E-state index in [9.17, 15) is 4.79 Å². The van der Waals surface area contributed by atoms with Crippen molar-refractivity contribution in [3.63, 3.8) is 0 Å². The maximum atomic E-state index is 12.1. The van der Waals surface area contributed by atoms with Crippen molar-refractivity contribution in [1.82, 2.24) is 14.5 Å². The van der Waals surface area contributed by atoms with Crippen LogP contribution in [0.2, 0.25) is 0 Å². The fourth-order valence-electron chi connectivity index (χ4n) is 4.92. The van der Waals surface area contributed by atoms with Gasteiger partial charge >= 0.3 is 0 Å². The quantitative estimate of drug-likeness (QED) is 0.390. The number of aromatic nitrogens is 2. The summed E-state index contributed by atoms with van der Waals surface area (Å²) in [6.45, 7) is 6.96. The second-order valence-electron chi connectivity index (χ2n) is 9.56. The molecule has 0 radical (unpaired) electrons. The molecule has 1 saturated heterocycles. The van der Waals surface area contributed by atoms with Crippen molar-refractivity contribution >= 4 is 22.5 Å². The minimum absolute atomic E-state index is 0.0158. The first-order valence-corrected chi connectivity index (χ1v) is 12.2. The lowest BCUT2D eigenvalue weighted by Gasteiger charge is -2.32. The molecule has 0 atom stereocenters. The average Bonchev–Trinajstić information content (AvgIpc) is 3.30. The van der Waals surface area contributed by atoms with Gasteiger partial charge in [-0.25, -0.2) is 0 Å². The van der Waals surface area contributed by atoms with Gasteiger partial charge < -0.3 is 9.88 Å². The first-order chi connectivity index (χ1) is 16.6. The highest BCUT2D eigenvalue weighted by Gasteiger charge is 2.22.